The van der Waals surface area contributed by atoms with Crippen LogP contribution in [0.15, 0.2) is 0 Å². The zero-order chi connectivity index (χ0) is 12.7. The van der Waals surface area contributed by atoms with E-state index in [2.05, 4.69) is 10.2 Å². The van der Waals surface area contributed by atoms with Gasteiger partial charge in [0.05, 0.1) is 7.11 Å². The Kier molecular flexibility index (Phi) is 6.52. The number of ether oxygens (including phenoxy) is 1. The van der Waals surface area contributed by atoms with Crippen molar-refractivity contribution < 1.29 is 9.53 Å². The van der Waals surface area contributed by atoms with Crippen LogP contribution in [0.5, 0.6) is 0 Å². The van der Waals surface area contributed by atoms with Gasteiger partial charge < -0.3 is 15.0 Å². The fourth-order valence-corrected chi connectivity index (χ4v) is 2.28. The van der Waals surface area contributed by atoms with Gasteiger partial charge in [-0.3, -0.25) is 4.79 Å². The maximum absolute atomic E-state index is 11.5. The van der Waals surface area contributed by atoms with Crippen LogP contribution in [0, 0.1) is 5.92 Å². The van der Waals surface area contributed by atoms with E-state index < -0.39 is 0 Å². The molecule has 0 radical (unpaired) electrons. The highest BCUT2D eigenvalue weighted by atomic mass is 16.5. The molecule has 1 N–H and O–H groups in total. The molecule has 1 saturated heterocycles. The largest absolute Gasteiger partial charge is 0.468 e. The van der Waals surface area contributed by atoms with E-state index in [9.17, 15) is 4.79 Å². The molecule has 0 bridgehead atoms. The van der Waals surface area contributed by atoms with Crippen molar-refractivity contribution in [1.29, 1.82) is 0 Å². The van der Waals surface area contributed by atoms with E-state index in [1.54, 1.807) is 0 Å². The van der Waals surface area contributed by atoms with Crippen LogP contribution in [0.2, 0.25) is 0 Å². The first-order chi connectivity index (χ1) is 8.15. The lowest BCUT2D eigenvalue weighted by Gasteiger charge is -2.27. The van der Waals surface area contributed by atoms with Crippen molar-refractivity contribution in [3.8, 4) is 0 Å². The quantitative estimate of drug-likeness (QED) is 0.712. The zero-order valence-electron chi connectivity index (χ0n) is 11.4. The molecular formula is C13H26N2O2. The number of carbonyl (C=O) groups is 1. The predicted octanol–water partition coefficient (Wildman–Crippen LogP) is 1.26. The smallest absolute Gasteiger partial charge is 0.323 e. The van der Waals surface area contributed by atoms with Crippen molar-refractivity contribution in [3.05, 3.63) is 0 Å². The minimum Gasteiger partial charge on any atom is -0.468 e. The fraction of sp³-hybridized carbons (Fsp3) is 0.923. The normalized spacial score (nSPS) is 19.3. The van der Waals surface area contributed by atoms with Gasteiger partial charge >= 0.3 is 5.97 Å². The highest BCUT2D eigenvalue weighted by Crippen LogP contribution is 2.08. The SMILES string of the molecule is COC(=O)C(NCCN1CCCCC1)C(C)C. The van der Waals surface area contributed by atoms with Gasteiger partial charge in [0.1, 0.15) is 6.04 Å². The summed E-state index contributed by atoms with van der Waals surface area (Å²) in [6, 6.07) is -0.176. The van der Waals surface area contributed by atoms with Gasteiger partial charge in [-0.1, -0.05) is 20.3 Å². The van der Waals surface area contributed by atoms with E-state index in [1.165, 1.54) is 39.5 Å². The van der Waals surface area contributed by atoms with Crippen LogP contribution in [0.3, 0.4) is 0 Å². The van der Waals surface area contributed by atoms with Crippen LogP contribution in [0.4, 0.5) is 0 Å². The number of hydrogen-bond acceptors (Lipinski definition) is 4. The minimum atomic E-state index is -0.176. The van der Waals surface area contributed by atoms with Crippen molar-refractivity contribution in [2.75, 3.05) is 33.3 Å². The van der Waals surface area contributed by atoms with Crippen molar-refractivity contribution in [2.45, 2.75) is 39.2 Å². The number of carbonyl (C=O) groups excluding carboxylic acids is 1. The molecule has 1 unspecified atom stereocenters. The molecule has 17 heavy (non-hydrogen) atoms. The van der Waals surface area contributed by atoms with Gasteiger partial charge in [0.25, 0.3) is 0 Å². The van der Waals surface area contributed by atoms with Gasteiger partial charge in [0, 0.05) is 13.1 Å². The Morgan fingerprint density at radius 3 is 2.47 bits per heavy atom. The number of rotatable bonds is 6. The standard InChI is InChI=1S/C13H26N2O2/c1-11(2)12(13(16)17-3)14-7-10-15-8-5-4-6-9-15/h11-12,14H,4-10H2,1-3H3. The average Bonchev–Trinajstić information content (AvgIpc) is 2.34. The van der Waals surface area contributed by atoms with Gasteiger partial charge in [-0.15, -0.1) is 0 Å². The highest BCUT2D eigenvalue weighted by Gasteiger charge is 2.22. The van der Waals surface area contributed by atoms with Gasteiger partial charge in [-0.25, -0.2) is 0 Å². The van der Waals surface area contributed by atoms with E-state index >= 15 is 0 Å². The molecule has 1 aliphatic rings. The van der Waals surface area contributed by atoms with E-state index in [-0.39, 0.29) is 17.9 Å². The summed E-state index contributed by atoms with van der Waals surface area (Å²) in [6.07, 6.45) is 3.98. The van der Waals surface area contributed by atoms with Gasteiger partial charge in [0.15, 0.2) is 0 Å². The minimum absolute atomic E-state index is 0.154. The zero-order valence-corrected chi connectivity index (χ0v) is 11.4. The lowest BCUT2D eigenvalue weighted by molar-refractivity contribution is -0.144. The molecule has 0 aliphatic carbocycles. The van der Waals surface area contributed by atoms with Crippen LogP contribution >= 0.6 is 0 Å². The number of esters is 1. The summed E-state index contributed by atoms with van der Waals surface area (Å²) in [4.78, 5) is 14.0. The Morgan fingerprint density at radius 1 is 1.29 bits per heavy atom. The van der Waals surface area contributed by atoms with Crippen molar-refractivity contribution in [1.82, 2.24) is 10.2 Å². The fourth-order valence-electron chi connectivity index (χ4n) is 2.28. The summed E-state index contributed by atoms with van der Waals surface area (Å²) in [5.41, 5.74) is 0. The number of piperidine rings is 1. The Balaban J connectivity index is 2.24. The van der Waals surface area contributed by atoms with Crippen LogP contribution in [0.1, 0.15) is 33.1 Å². The summed E-state index contributed by atoms with van der Waals surface area (Å²) >= 11 is 0. The van der Waals surface area contributed by atoms with Crippen molar-refractivity contribution in [3.63, 3.8) is 0 Å². The Labute approximate surface area is 105 Å². The summed E-state index contributed by atoms with van der Waals surface area (Å²) in [6.45, 7) is 8.36. The molecule has 4 heteroatoms. The number of likely N-dealkylation sites (tertiary alicyclic amines) is 1. The number of methoxy groups -OCH3 is 1. The first kappa shape index (κ1) is 14.5. The Hall–Kier alpha value is -0.610. The topological polar surface area (TPSA) is 41.6 Å². The summed E-state index contributed by atoms with van der Waals surface area (Å²) < 4.78 is 4.80. The third-order valence-electron chi connectivity index (χ3n) is 3.36. The maximum atomic E-state index is 11.5. The molecule has 0 aromatic heterocycles. The molecule has 1 rings (SSSR count). The Bertz CT molecular complexity index is 225. The Morgan fingerprint density at radius 2 is 1.94 bits per heavy atom. The second-order valence-electron chi connectivity index (χ2n) is 5.10. The van der Waals surface area contributed by atoms with E-state index in [1.807, 2.05) is 13.8 Å². The van der Waals surface area contributed by atoms with Crippen molar-refractivity contribution in [2.24, 2.45) is 5.92 Å². The van der Waals surface area contributed by atoms with Gasteiger partial charge in [-0.2, -0.15) is 0 Å². The van der Waals surface area contributed by atoms with Crippen LogP contribution < -0.4 is 5.32 Å². The number of nitrogens with zero attached hydrogens (tertiary/aromatic N) is 1. The number of hydrogen-bond donors (Lipinski definition) is 1. The second-order valence-corrected chi connectivity index (χ2v) is 5.10. The lowest BCUT2D eigenvalue weighted by Crippen LogP contribution is -2.45. The molecule has 1 fully saturated rings. The molecule has 1 aliphatic heterocycles. The lowest BCUT2D eigenvalue weighted by atomic mass is 10.0. The summed E-state index contributed by atoms with van der Waals surface area (Å²) in [5, 5.41) is 3.30. The van der Waals surface area contributed by atoms with E-state index in [0.29, 0.717) is 0 Å². The van der Waals surface area contributed by atoms with Crippen LogP contribution in [0.25, 0.3) is 0 Å². The average molecular weight is 242 g/mol. The second kappa shape index (κ2) is 7.67. The van der Waals surface area contributed by atoms with E-state index in [4.69, 9.17) is 4.74 Å². The highest BCUT2D eigenvalue weighted by molar-refractivity contribution is 5.75. The summed E-state index contributed by atoms with van der Waals surface area (Å²) in [5.74, 6) is 0.113. The molecule has 0 aromatic carbocycles. The molecule has 0 saturated carbocycles. The third-order valence-corrected chi connectivity index (χ3v) is 3.36. The number of nitrogens with one attached hydrogen (secondary N) is 1. The van der Waals surface area contributed by atoms with Gasteiger partial charge in [0.2, 0.25) is 0 Å². The first-order valence-electron chi connectivity index (χ1n) is 6.68. The monoisotopic (exact) mass is 242 g/mol. The first-order valence-corrected chi connectivity index (χ1v) is 6.68. The third kappa shape index (κ3) is 5.04. The molecule has 0 aromatic rings. The summed E-state index contributed by atoms with van der Waals surface area (Å²) in [7, 11) is 1.45. The van der Waals surface area contributed by atoms with E-state index in [0.717, 1.165) is 13.1 Å². The van der Waals surface area contributed by atoms with Crippen molar-refractivity contribution >= 4 is 5.97 Å². The molecule has 1 atom stereocenters. The predicted molar refractivity (Wildman–Crippen MR) is 68.9 cm³/mol. The molecule has 1 heterocycles. The van der Waals surface area contributed by atoms with Gasteiger partial charge in [-0.05, 0) is 31.8 Å². The molecule has 0 spiro atoms. The molecule has 100 valence electrons. The molecule has 0 amide bonds. The van der Waals surface area contributed by atoms with Crippen LogP contribution in [-0.4, -0.2) is 50.2 Å². The maximum Gasteiger partial charge on any atom is 0.323 e. The molecule has 4 nitrogen and oxygen atoms in total. The van der Waals surface area contributed by atoms with Crippen LogP contribution in [-0.2, 0) is 9.53 Å². The molecular weight excluding hydrogens is 216 g/mol.